The van der Waals surface area contributed by atoms with Crippen molar-refractivity contribution in [2.75, 3.05) is 25.9 Å². The van der Waals surface area contributed by atoms with E-state index in [0.717, 1.165) is 41.8 Å². The van der Waals surface area contributed by atoms with Crippen LogP contribution >= 0.6 is 10.3 Å². The molecule has 3 aliphatic heterocycles. The molecule has 1 spiro atoms. The van der Waals surface area contributed by atoms with Crippen molar-refractivity contribution in [1.82, 2.24) is 30.0 Å². The number of nitriles is 1. The molecule has 3 aromatic rings. The zero-order valence-electron chi connectivity index (χ0n) is 17.7. The molecule has 2 fully saturated rings. The van der Waals surface area contributed by atoms with Crippen molar-refractivity contribution < 1.29 is 0 Å². The van der Waals surface area contributed by atoms with Crippen molar-refractivity contribution in [3.8, 4) is 22.4 Å². The molecule has 0 saturated carbocycles. The fourth-order valence-corrected chi connectivity index (χ4v) is 7.25. The summed E-state index contributed by atoms with van der Waals surface area (Å²) in [6.07, 6.45) is 14.2. The molecule has 0 radical (unpaired) electrons. The van der Waals surface area contributed by atoms with Crippen LogP contribution in [0, 0.1) is 16.5 Å². The fraction of sp³-hybridized carbons (Fsp3) is 0.478. The molecule has 3 aliphatic rings. The number of likely N-dealkylation sites (tertiary alicyclic amines) is 1. The van der Waals surface area contributed by atoms with Crippen LogP contribution in [-0.4, -0.2) is 61.5 Å². The Morgan fingerprint density at radius 2 is 2.23 bits per heavy atom. The summed E-state index contributed by atoms with van der Waals surface area (Å²) in [7, 11) is -0.0474. The molecular formula is C23H27N7S. The summed E-state index contributed by atoms with van der Waals surface area (Å²) >= 11 is 0. The maximum Gasteiger partial charge on any atom is 0.137 e. The molecule has 7 nitrogen and oxygen atoms in total. The second-order valence-corrected chi connectivity index (χ2v) is 11.3. The van der Waals surface area contributed by atoms with E-state index in [9.17, 15) is 5.26 Å². The van der Waals surface area contributed by atoms with Gasteiger partial charge in [-0.1, -0.05) is 5.18 Å². The highest BCUT2D eigenvalue weighted by atomic mass is 32.2. The van der Waals surface area contributed by atoms with Gasteiger partial charge in [0.25, 0.3) is 0 Å². The predicted molar refractivity (Wildman–Crippen MR) is 124 cm³/mol. The van der Waals surface area contributed by atoms with Gasteiger partial charge in [0.15, 0.2) is 0 Å². The number of aromatic amines is 1. The van der Waals surface area contributed by atoms with Crippen molar-refractivity contribution in [2.45, 2.75) is 42.1 Å². The summed E-state index contributed by atoms with van der Waals surface area (Å²) in [5.41, 5.74) is 2.84. The molecule has 2 N–H and O–H groups in total. The van der Waals surface area contributed by atoms with Crippen molar-refractivity contribution in [1.29, 1.82) is 5.26 Å². The van der Waals surface area contributed by atoms with Crippen molar-refractivity contribution in [3.63, 3.8) is 0 Å². The maximum absolute atomic E-state index is 9.58. The first kappa shape index (κ1) is 19.1. The Balaban J connectivity index is 1.21. The molecule has 0 aliphatic carbocycles. The third kappa shape index (κ3) is 3.04. The summed E-state index contributed by atoms with van der Waals surface area (Å²) < 4.78 is 2.05. The Bertz CT molecular complexity index is 1280. The van der Waals surface area contributed by atoms with E-state index in [0.29, 0.717) is 12.5 Å². The van der Waals surface area contributed by atoms with Crippen LogP contribution in [-0.2, 0) is 5.54 Å². The van der Waals surface area contributed by atoms with Crippen LogP contribution in [0.4, 0.5) is 0 Å². The van der Waals surface area contributed by atoms with E-state index >= 15 is 0 Å². The van der Waals surface area contributed by atoms with Gasteiger partial charge in [0.2, 0.25) is 0 Å². The number of hydrogen-bond acceptors (Lipinski definition) is 5. The Morgan fingerprint density at radius 1 is 1.35 bits per heavy atom. The Hall–Kier alpha value is -2.56. The normalized spacial score (nSPS) is 29.5. The quantitative estimate of drug-likeness (QED) is 0.551. The highest BCUT2D eigenvalue weighted by Gasteiger charge is 2.49. The van der Waals surface area contributed by atoms with E-state index < -0.39 is 0 Å². The number of nitrogens with one attached hydrogen (secondary N) is 2. The van der Waals surface area contributed by atoms with Crippen LogP contribution in [0.2, 0.25) is 0 Å². The summed E-state index contributed by atoms with van der Waals surface area (Å²) in [6, 6.07) is 7.09. The molecule has 3 atom stereocenters. The summed E-state index contributed by atoms with van der Waals surface area (Å²) in [6.45, 7) is 2.85. The number of thiol groups is 1. The minimum absolute atomic E-state index is 0.0474. The molecule has 8 heteroatoms. The van der Waals surface area contributed by atoms with Crippen molar-refractivity contribution in [3.05, 3.63) is 36.9 Å². The maximum atomic E-state index is 9.58. The van der Waals surface area contributed by atoms with Crippen LogP contribution < -0.4 is 5.32 Å². The standard InChI is InChI=1S/C23H27N7S/c1-31-16-23(31)6-2-18(3-11-27-23)29-14-22(15-29,7-8-24)30-13-17(12-28-30)19-4-9-25-21-20(19)5-10-26-21/h4-5,9-10,12-13,18,27,31H,2-3,6-7,11,14-15H2,1H3,(H,25,26). The van der Waals surface area contributed by atoms with Gasteiger partial charge in [-0.2, -0.15) is 20.7 Å². The van der Waals surface area contributed by atoms with E-state index in [2.05, 4.69) is 50.0 Å². The summed E-state index contributed by atoms with van der Waals surface area (Å²) in [5.74, 6) is 0. The average Bonchev–Trinajstić information content (AvgIpc) is 3.11. The Morgan fingerprint density at radius 3 is 3.03 bits per heavy atom. The molecule has 0 bridgehead atoms. The lowest BCUT2D eigenvalue weighted by atomic mass is 9.84. The minimum Gasteiger partial charge on any atom is -0.346 e. The third-order valence-corrected chi connectivity index (χ3v) is 9.50. The smallest absolute Gasteiger partial charge is 0.137 e. The van der Waals surface area contributed by atoms with E-state index in [1.807, 2.05) is 29.3 Å². The van der Waals surface area contributed by atoms with Gasteiger partial charge in [0.05, 0.1) is 18.7 Å². The Kier molecular flexibility index (Phi) is 4.31. The van der Waals surface area contributed by atoms with Crippen LogP contribution in [0.3, 0.4) is 0 Å². The highest BCUT2D eigenvalue weighted by molar-refractivity contribution is 8.13. The van der Waals surface area contributed by atoms with Crippen LogP contribution in [0.25, 0.3) is 22.2 Å². The van der Waals surface area contributed by atoms with Gasteiger partial charge in [0.1, 0.15) is 16.1 Å². The second-order valence-electron chi connectivity index (χ2n) is 9.18. The van der Waals surface area contributed by atoms with E-state index in [1.54, 1.807) is 0 Å². The lowest BCUT2D eigenvalue weighted by Crippen LogP contribution is -2.65. The second kappa shape index (κ2) is 6.98. The first-order chi connectivity index (χ1) is 15.1. The lowest BCUT2D eigenvalue weighted by Gasteiger charge is -2.52. The molecule has 160 valence electrons. The molecule has 0 amide bonds. The number of hydrogen-bond donors (Lipinski definition) is 3. The van der Waals surface area contributed by atoms with Gasteiger partial charge in [-0.05, 0) is 49.8 Å². The van der Waals surface area contributed by atoms with Gasteiger partial charge < -0.3 is 4.98 Å². The van der Waals surface area contributed by atoms with E-state index in [4.69, 9.17) is 5.10 Å². The molecule has 0 aromatic carbocycles. The molecule has 31 heavy (non-hydrogen) atoms. The molecule has 3 unspecified atom stereocenters. The monoisotopic (exact) mass is 433 g/mol. The highest BCUT2D eigenvalue weighted by Crippen LogP contribution is 2.45. The molecular weight excluding hydrogens is 406 g/mol. The van der Waals surface area contributed by atoms with Crippen molar-refractivity contribution in [2.24, 2.45) is 0 Å². The minimum atomic E-state index is -0.232. The Labute approximate surface area is 184 Å². The first-order valence-corrected chi connectivity index (χ1v) is 12.8. The van der Waals surface area contributed by atoms with Crippen LogP contribution in [0.5, 0.6) is 0 Å². The van der Waals surface area contributed by atoms with E-state index in [1.165, 1.54) is 19.3 Å². The number of aromatic nitrogens is 4. The predicted octanol–water partition coefficient (Wildman–Crippen LogP) is 2.79. The zero-order chi connectivity index (χ0) is 21.1. The first-order valence-electron chi connectivity index (χ1n) is 11.0. The average molecular weight is 434 g/mol. The number of fused-ring (bicyclic) bond motifs is 1. The largest absolute Gasteiger partial charge is 0.346 e. The van der Waals surface area contributed by atoms with E-state index in [-0.39, 0.29) is 20.7 Å². The van der Waals surface area contributed by atoms with Gasteiger partial charge in [0, 0.05) is 48.7 Å². The number of nitrogens with zero attached hydrogens (tertiary/aromatic N) is 5. The number of rotatable bonds is 4. The fourth-order valence-electron chi connectivity index (χ4n) is 5.44. The SMILES string of the molecule is C[SH]1#CC12CCC(N1CC(CC#N)(n3cc(-c4ccnc5[nH]ccc45)cn3)C1)CCN2. The third-order valence-electron chi connectivity index (χ3n) is 7.37. The molecule has 2 saturated heterocycles. The zero-order valence-corrected chi connectivity index (χ0v) is 18.6. The van der Waals surface area contributed by atoms with Gasteiger partial charge in [-0.25, -0.2) is 4.98 Å². The molecule has 6 heterocycles. The molecule has 6 rings (SSSR count). The summed E-state index contributed by atoms with van der Waals surface area (Å²) in [5, 5.41) is 22.8. The van der Waals surface area contributed by atoms with Crippen LogP contribution in [0.15, 0.2) is 36.9 Å². The topological polar surface area (TPSA) is 85.6 Å². The number of pyridine rings is 1. The molecule has 3 aromatic heterocycles. The van der Waals surface area contributed by atoms with Gasteiger partial charge in [-0.3, -0.25) is 14.9 Å². The summed E-state index contributed by atoms with van der Waals surface area (Å²) in [4.78, 5) is 10.4. The van der Waals surface area contributed by atoms with Gasteiger partial charge >= 0.3 is 0 Å². The van der Waals surface area contributed by atoms with Crippen molar-refractivity contribution >= 4 is 21.3 Å². The van der Waals surface area contributed by atoms with Crippen LogP contribution in [0.1, 0.15) is 25.7 Å². The van der Waals surface area contributed by atoms with Gasteiger partial charge in [-0.15, -0.1) is 0 Å². The lowest BCUT2D eigenvalue weighted by molar-refractivity contribution is -0.0294. The number of H-pyrrole nitrogens is 1.